The van der Waals surface area contributed by atoms with Gasteiger partial charge in [-0.3, -0.25) is 0 Å². The molecular weight excluding hydrogens is 292 g/mol. The van der Waals surface area contributed by atoms with E-state index in [1.807, 2.05) is 6.08 Å². The topological polar surface area (TPSA) is 80.9 Å². The fraction of sp³-hybridized carbons (Fsp3) is 0.895. The molecule has 4 heteroatoms. The minimum Gasteiger partial charge on any atom is -0.393 e. The Hall–Kier alpha value is -0.420. The molecule has 0 aromatic heterocycles. The molecule has 0 heterocycles. The first kappa shape index (κ1) is 16.1. The molecule has 0 aromatic carbocycles. The molecule has 0 aromatic rings. The number of aliphatic hydroxyl groups excluding tert-OH is 4. The van der Waals surface area contributed by atoms with Crippen LogP contribution >= 0.6 is 0 Å². The Morgan fingerprint density at radius 3 is 2.43 bits per heavy atom. The third kappa shape index (κ3) is 2.05. The van der Waals surface area contributed by atoms with Gasteiger partial charge in [0.1, 0.15) is 0 Å². The van der Waals surface area contributed by atoms with Crippen molar-refractivity contribution in [2.24, 2.45) is 28.6 Å². The maximum Gasteiger partial charge on any atom is 0.0836 e. The zero-order chi connectivity index (χ0) is 16.6. The largest absolute Gasteiger partial charge is 0.393 e. The van der Waals surface area contributed by atoms with Crippen molar-refractivity contribution < 1.29 is 20.4 Å². The Morgan fingerprint density at radius 1 is 0.957 bits per heavy atom. The van der Waals surface area contributed by atoms with Gasteiger partial charge in [-0.05, 0) is 67.1 Å². The van der Waals surface area contributed by atoms with Gasteiger partial charge in [0.2, 0.25) is 0 Å². The first-order chi connectivity index (χ1) is 10.8. The van der Waals surface area contributed by atoms with Gasteiger partial charge in [-0.2, -0.15) is 0 Å². The third-order valence-corrected chi connectivity index (χ3v) is 8.11. The summed E-state index contributed by atoms with van der Waals surface area (Å²) in [6.07, 6.45) is 4.71. The fourth-order valence-electron chi connectivity index (χ4n) is 6.65. The normalized spacial score (nSPS) is 58.9. The van der Waals surface area contributed by atoms with Crippen LogP contribution in [-0.4, -0.2) is 44.8 Å². The van der Waals surface area contributed by atoms with Gasteiger partial charge in [0.25, 0.3) is 0 Å². The Bertz CT molecular complexity index is 531. The molecule has 0 aliphatic heterocycles. The van der Waals surface area contributed by atoms with E-state index < -0.39 is 18.3 Å². The molecular formula is C19H30O4. The highest BCUT2D eigenvalue weighted by Gasteiger charge is 2.61. The molecule has 4 N–H and O–H groups in total. The van der Waals surface area contributed by atoms with Crippen LogP contribution in [0.4, 0.5) is 0 Å². The van der Waals surface area contributed by atoms with Crippen molar-refractivity contribution in [2.75, 3.05) is 0 Å². The molecule has 3 fully saturated rings. The van der Waals surface area contributed by atoms with E-state index in [4.69, 9.17) is 0 Å². The monoisotopic (exact) mass is 322 g/mol. The Balaban J connectivity index is 1.74. The SMILES string of the molecule is C[C@]12CC[C@H]3[C@@H]([C@@H](O)C=C4C[C@H](O)[C@@H](O)C[C@@]43C)[C@@H]1CC[C@@H]2O. The zero-order valence-electron chi connectivity index (χ0n) is 14.2. The molecule has 4 aliphatic carbocycles. The van der Waals surface area contributed by atoms with Crippen molar-refractivity contribution in [2.45, 2.75) is 76.8 Å². The highest BCUT2D eigenvalue weighted by atomic mass is 16.3. The minimum atomic E-state index is -0.708. The number of rotatable bonds is 0. The summed E-state index contributed by atoms with van der Waals surface area (Å²) in [7, 11) is 0. The molecule has 130 valence electrons. The van der Waals surface area contributed by atoms with Crippen LogP contribution in [0.2, 0.25) is 0 Å². The number of aliphatic hydroxyl groups is 4. The van der Waals surface area contributed by atoms with Crippen LogP contribution in [0.5, 0.6) is 0 Å². The molecule has 4 rings (SSSR count). The van der Waals surface area contributed by atoms with E-state index in [1.165, 1.54) is 0 Å². The van der Waals surface area contributed by atoms with E-state index in [-0.39, 0.29) is 22.9 Å². The van der Waals surface area contributed by atoms with E-state index in [0.717, 1.165) is 31.3 Å². The Kier molecular flexibility index (Phi) is 3.52. The summed E-state index contributed by atoms with van der Waals surface area (Å²) in [4.78, 5) is 0. The van der Waals surface area contributed by atoms with Crippen LogP contribution in [0.15, 0.2) is 11.6 Å². The molecule has 0 bridgehead atoms. The highest BCUT2D eigenvalue weighted by molar-refractivity contribution is 5.28. The Morgan fingerprint density at radius 2 is 1.70 bits per heavy atom. The van der Waals surface area contributed by atoms with Gasteiger partial charge in [-0.25, -0.2) is 0 Å². The van der Waals surface area contributed by atoms with Gasteiger partial charge in [0, 0.05) is 0 Å². The van der Waals surface area contributed by atoms with Crippen molar-refractivity contribution in [3.63, 3.8) is 0 Å². The predicted octanol–water partition coefficient (Wildman–Crippen LogP) is 1.61. The van der Waals surface area contributed by atoms with Crippen LogP contribution in [0, 0.1) is 28.6 Å². The summed E-state index contributed by atoms with van der Waals surface area (Å²) in [6.45, 7) is 4.41. The van der Waals surface area contributed by atoms with E-state index in [9.17, 15) is 20.4 Å². The van der Waals surface area contributed by atoms with Crippen molar-refractivity contribution in [3.05, 3.63) is 11.6 Å². The number of hydrogen-bond donors (Lipinski definition) is 4. The molecule has 23 heavy (non-hydrogen) atoms. The summed E-state index contributed by atoms with van der Waals surface area (Å²) in [5.74, 6) is 0.856. The molecule has 9 atom stereocenters. The molecule has 0 spiro atoms. The second-order valence-electron chi connectivity index (χ2n) is 9.07. The van der Waals surface area contributed by atoms with Gasteiger partial charge in [-0.1, -0.05) is 25.5 Å². The average Bonchev–Trinajstić information content (AvgIpc) is 2.78. The first-order valence-corrected chi connectivity index (χ1v) is 9.21. The second-order valence-corrected chi connectivity index (χ2v) is 9.07. The maximum atomic E-state index is 10.9. The molecule has 0 unspecified atom stereocenters. The van der Waals surface area contributed by atoms with Crippen molar-refractivity contribution in [1.29, 1.82) is 0 Å². The summed E-state index contributed by atoms with van der Waals surface area (Å²) in [5.41, 5.74) is 0.930. The maximum absolute atomic E-state index is 10.9. The molecule has 3 saturated carbocycles. The lowest BCUT2D eigenvalue weighted by Crippen LogP contribution is -2.56. The van der Waals surface area contributed by atoms with Gasteiger partial charge in [0.15, 0.2) is 0 Å². The van der Waals surface area contributed by atoms with Gasteiger partial charge in [-0.15, -0.1) is 0 Å². The van der Waals surface area contributed by atoms with E-state index in [0.29, 0.717) is 24.7 Å². The number of fused-ring (bicyclic) bond motifs is 5. The lowest BCUT2D eigenvalue weighted by atomic mass is 9.47. The van der Waals surface area contributed by atoms with Crippen LogP contribution in [0.1, 0.15) is 52.4 Å². The molecule has 4 aliphatic rings. The Labute approximate surface area is 138 Å². The van der Waals surface area contributed by atoms with Gasteiger partial charge >= 0.3 is 0 Å². The third-order valence-electron chi connectivity index (χ3n) is 8.11. The van der Waals surface area contributed by atoms with E-state index >= 15 is 0 Å². The zero-order valence-corrected chi connectivity index (χ0v) is 14.2. The summed E-state index contributed by atoms with van der Waals surface area (Å²) < 4.78 is 0. The highest BCUT2D eigenvalue weighted by Crippen LogP contribution is 2.64. The second kappa shape index (κ2) is 5.04. The van der Waals surface area contributed by atoms with Gasteiger partial charge < -0.3 is 20.4 Å². The fourth-order valence-corrected chi connectivity index (χ4v) is 6.65. The van der Waals surface area contributed by atoms with E-state index in [1.54, 1.807) is 0 Å². The van der Waals surface area contributed by atoms with Crippen molar-refractivity contribution in [1.82, 2.24) is 0 Å². The van der Waals surface area contributed by atoms with Crippen LogP contribution in [0.3, 0.4) is 0 Å². The van der Waals surface area contributed by atoms with Crippen LogP contribution in [-0.2, 0) is 0 Å². The minimum absolute atomic E-state index is 0.0728. The quantitative estimate of drug-likeness (QED) is 0.511. The summed E-state index contributed by atoms with van der Waals surface area (Å²) in [5, 5.41) is 41.6. The predicted molar refractivity (Wildman–Crippen MR) is 86.5 cm³/mol. The standard InChI is InChI=1S/C19H30O4/c1-18-6-5-12-17(11(18)3-4-16(18)23)14(21)8-10-7-13(20)15(22)9-19(10,12)2/h8,11-17,20-23H,3-7,9H2,1-2H3/t11-,12-,13-,14-,15-,16-,17-,18-,19-/m0/s1. The molecule has 4 nitrogen and oxygen atoms in total. The molecule has 0 saturated heterocycles. The average molecular weight is 322 g/mol. The van der Waals surface area contributed by atoms with Crippen LogP contribution < -0.4 is 0 Å². The van der Waals surface area contributed by atoms with Crippen molar-refractivity contribution >= 4 is 0 Å². The summed E-state index contributed by atoms with van der Waals surface area (Å²) in [6, 6.07) is 0. The first-order valence-electron chi connectivity index (χ1n) is 9.21. The van der Waals surface area contributed by atoms with Gasteiger partial charge in [0.05, 0.1) is 24.4 Å². The molecule has 0 radical (unpaired) electrons. The van der Waals surface area contributed by atoms with Crippen molar-refractivity contribution in [3.8, 4) is 0 Å². The number of hydrogen-bond acceptors (Lipinski definition) is 4. The lowest BCUT2D eigenvalue weighted by Gasteiger charge is -2.59. The lowest BCUT2D eigenvalue weighted by molar-refractivity contribution is -0.122. The molecule has 0 amide bonds. The van der Waals surface area contributed by atoms with Crippen LogP contribution in [0.25, 0.3) is 0 Å². The van der Waals surface area contributed by atoms with E-state index in [2.05, 4.69) is 13.8 Å². The smallest absolute Gasteiger partial charge is 0.0836 e. The summed E-state index contributed by atoms with van der Waals surface area (Å²) >= 11 is 0.